The Morgan fingerprint density at radius 2 is 1.05 bits per heavy atom. The molecule has 4 aromatic carbocycles. The second kappa shape index (κ2) is 7.83. The Kier molecular flexibility index (Phi) is 5.15. The Bertz CT molecular complexity index is 1490. The Morgan fingerprint density at radius 3 is 1.57 bits per heavy atom. The molecule has 1 aliphatic rings. The van der Waals surface area contributed by atoms with Crippen LogP contribution in [0.25, 0.3) is 11.1 Å². The van der Waals surface area contributed by atoms with Crippen molar-refractivity contribution in [2.75, 3.05) is 0 Å². The summed E-state index contributed by atoms with van der Waals surface area (Å²) in [5.41, 5.74) is -6.89. The highest BCUT2D eigenvalue weighted by molar-refractivity contribution is 5.90. The zero-order valence-corrected chi connectivity index (χ0v) is 18.5. The summed E-state index contributed by atoms with van der Waals surface area (Å²) < 4.78 is 86.5. The number of hydrogen-bond donors (Lipinski definition) is 4. The monoisotopic (exact) mass is 518 g/mol. The van der Waals surface area contributed by atoms with Gasteiger partial charge in [0.15, 0.2) is 11.5 Å². The zero-order chi connectivity index (χ0) is 26.9. The molecule has 0 atom stereocenters. The molecule has 0 bridgehead atoms. The van der Waals surface area contributed by atoms with Gasteiger partial charge in [0.2, 0.25) is 0 Å². The Balaban J connectivity index is 2.11. The van der Waals surface area contributed by atoms with Gasteiger partial charge in [-0.05, 0) is 58.1 Å². The number of halogens is 6. The van der Waals surface area contributed by atoms with Gasteiger partial charge in [-0.25, -0.2) is 0 Å². The zero-order valence-electron chi connectivity index (χ0n) is 18.5. The van der Waals surface area contributed by atoms with Crippen LogP contribution in [0.2, 0.25) is 0 Å². The van der Waals surface area contributed by atoms with Crippen molar-refractivity contribution >= 4 is 0 Å². The molecule has 0 saturated carbocycles. The number of fused-ring (bicyclic) bond motifs is 3. The maximum absolute atomic E-state index is 14.4. The SMILES string of the molecule is Oc1ccc(C2(c3ccc(O)cc3C(F)(F)F)c3ccccc3-c3ccc(O)c(O)c32)c(C(F)(F)F)c1. The van der Waals surface area contributed by atoms with E-state index in [1.807, 2.05) is 0 Å². The number of benzene rings is 4. The molecule has 0 radical (unpaired) electrons. The summed E-state index contributed by atoms with van der Waals surface area (Å²) in [7, 11) is 0. The molecule has 0 heterocycles. The van der Waals surface area contributed by atoms with Crippen molar-refractivity contribution in [3.63, 3.8) is 0 Å². The van der Waals surface area contributed by atoms with Crippen molar-refractivity contribution in [2.45, 2.75) is 17.8 Å². The molecule has 4 N–H and O–H groups in total. The van der Waals surface area contributed by atoms with E-state index in [1.165, 1.54) is 30.3 Å². The third kappa shape index (κ3) is 3.46. The van der Waals surface area contributed by atoms with Crippen molar-refractivity contribution in [1.82, 2.24) is 0 Å². The third-order valence-corrected chi connectivity index (χ3v) is 6.58. The number of alkyl halides is 6. The molecular formula is C27H16F6O4. The molecule has 0 unspecified atom stereocenters. The van der Waals surface area contributed by atoms with Crippen LogP contribution in [-0.2, 0) is 17.8 Å². The van der Waals surface area contributed by atoms with Crippen molar-refractivity contribution in [1.29, 1.82) is 0 Å². The van der Waals surface area contributed by atoms with Crippen LogP contribution in [0.15, 0.2) is 72.8 Å². The predicted molar refractivity (Wildman–Crippen MR) is 120 cm³/mol. The van der Waals surface area contributed by atoms with E-state index >= 15 is 0 Å². The first kappa shape index (κ1) is 24.4. The molecule has 0 saturated heterocycles. The molecule has 0 spiro atoms. The minimum absolute atomic E-state index is 0.0294. The van der Waals surface area contributed by atoms with E-state index in [4.69, 9.17) is 0 Å². The fourth-order valence-corrected chi connectivity index (χ4v) is 5.26. The quantitative estimate of drug-likeness (QED) is 0.151. The minimum Gasteiger partial charge on any atom is -0.508 e. The molecular weight excluding hydrogens is 502 g/mol. The topological polar surface area (TPSA) is 80.9 Å². The number of hydrogen-bond acceptors (Lipinski definition) is 4. The van der Waals surface area contributed by atoms with Crippen LogP contribution in [0.5, 0.6) is 23.0 Å². The van der Waals surface area contributed by atoms with Crippen molar-refractivity contribution in [2.24, 2.45) is 0 Å². The number of rotatable bonds is 2. The van der Waals surface area contributed by atoms with Gasteiger partial charge in [0, 0.05) is 5.56 Å². The van der Waals surface area contributed by atoms with E-state index in [9.17, 15) is 46.8 Å². The summed E-state index contributed by atoms with van der Waals surface area (Å²) in [6.07, 6.45) is -10.3. The summed E-state index contributed by atoms with van der Waals surface area (Å²) >= 11 is 0. The Morgan fingerprint density at radius 1 is 0.541 bits per heavy atom. The first-order chi connectivity index (χ1) is 17.3. The molecule has 190 valence electrons. The lowest BCUT2D eigenvalue weighted by molar-refractivity contribution is -0.138. The normalized spacial score (nSPS) is 14.3. The van der Waals surface area contributed by atoms with Crippen LogP contribution in [0.1, 0.15) is 33.4 Å². The van der Waals surface area contributed by atoms with Gasteiger partial charge in [0.25, 0.3) is 0 Å². The average Bonchev–Trinajstić information content (AvgIpc) is 3.12. The van der Waals surface area contributed by atoms with Crippen LogP contribution in [0.4, 0.5) is 26.3 Å². The molecule has 0 aliphatic heterocycles. The number of phenolic OH excluding ortho intramolecular Hbond substituents is 4. The summed E-state index contributed by atoms with van der Waals surface area (Å²) in [4.78, 5) is 0. The fraction of sp³-hybridized carbons (Fsp3) is 0.111. The highest BCUT2D eigenvalue weighted by Crippen LogP contribution is 2.63. The second-order valence-electron chi connectivity index (χ2n) is 8.61. The van der Waals surface area contributed by atoms with E-state index < -0.39 is 68.6 Å². The molecule has 1 aliphatic carbocycles. The largest absolute Gasteiger partial charge is 0.508 e. The summed E-state index contributed by atoms with van der Waals surface area (Å²) in [5.74, 6) is -3.22. The smallest absolute Gasteiger partial charge is 0.416 e. The van der Waals surface area contributed by atoms with Gasteiger partial charge in [0.05, 0.1) is 16.5 Å². The van der Waals surface area contributed by atoms with Crippen LogP contribution < -0.4 is 0 Å². The molecule has 10 heteroatoms. The standard InChI is InChI=1S/C27H16F6O4/c28-26(29,30)20-11-13(34)5-8-18(20)25(19-9-6-14(35)12-21(19)27(31,32)33)17-4-2-1-3-15(17)16-7-10-22(36)24(37)23(16)25/h1-12,34-37H. The lowest BCUT2D eigenvalue weighted by Gasteiger charge is -2.37. The first-order valence-corrected chi connectivity index (χ1v) is 10.7. The lowest BCUT2D eigenvalue weighted by atomic mass is 9.64. The van der Waals surface area contributed by atoms with E-state index in [-0.39, 0.29) is 16.7 Å². The van der Waals surface area contributed by atoms with Crippen LogP contribution in [-0.4, -0.2) is 20.4 Å². The maximum Gasteiger partial charge on any atom is 0.416 e. The minimum atomic E-state index is -5.14. The van der Waals surface area contributed by atoms with Gasteiger partial charge in [-0.3, -0.25) is 0 Å². The molecule has 0 fully saturated rings. The van der Waals surface area contributed by atoms with Crippen molar-refractivity contribution < 1.29 is 46.8 Å². The van der Waals surface area contributed by atoms with Crippen molar-refractivity contribution in [3.8, 4) is 34.1 Å². The molecule has 0 amide bonds. The third-order valence-electron chi connectivity index (χ3n) is 6.58. The highest BCUT2D eigenvalue weighted by Gasteiger charge is 2.55. The highest BCUT2D eigenvalue weighted by atomic mass is 19.4. The van der Waals surface area contributed by atoms with Crippen molar-refractivity contribution in [3.05, 3.63) is 106 Å². The summed E-state index contributed by atoms with van der Waals surface area (Å²) in [6.45, 7) is 0. The van der Waals surface area contributed by atoms with E-state index in [0.717, 1.165) is 30.3 Å². The van der Waals surface area contributed by atoms with Gasteiger partial charge < -0.3 is 20.4 Å². The van der Waals surface area contributed by atoms with Crippen LogP contribution in [0, 0.1) is 0 Å². The van der Waals surface area contributed by atoms with Gasteiger partial charge in [-0.2, -0.15) is 26.3 Å². The number of aromatic hydroxyl groups is 4. The fourth-order valence-electron chi connectivity index (χ4n) is 5.26. The van der Waals surface area contributed by atoms with Gasteiger partial charge in [-0.1, -0.05) is 42.5 Å². The summed E-state index contributed by atoms with van der Waals surface area (Å²) in [5, 5.41) is 41.2. The Labute approximate surface area is 205 Å². The van der Waals surface area contributed by atoms with Gasteiger partial charge in [0.1, 0.15) is 11.5 Å². The number of phenols is 4. The van der Waals surface area contributed by atoms with Gasteiger partial charge >= 0.3 is 12.4 Å². The van der Waals surface area contributed by atoms with E-state index in [1.54, 1.807) is 0 Å². The second-order valence-corrected chi connectivity index (χ2v) is 8.61. The van der Waals surface area contributed by atoms with E-state index in [0.29, 0.717) is 12.1 Å². The lowest BCUT2D eigenvalue weighted by Crippen LogP contribution is -2.34. The van der Waals surface area contributed by atoms with E-state index in [2.05, 4.69) is 0 Å². The molecule has 37 heavy (non-hydrogen) atoms. The average molecular weight is 518 g/mol. The molecule has 4 nitrogen and oxygen atoms in total. The summed E-state index contributed by atoms with van der Waals surface area (Å²) in [6, 6.07) is 12.5. The predicted octanol–water partition coefficient (Wildman–Crippen LogP) is 6.91. The first-order valence-electron chi connectivity index (χ1n) is 10.7. The van der Waals surface area contributed by atoms with Gasteiger partial charge in [-0.15, -0.1) is 0 Å². The molecule has 5 rings (SSSR count). The Hall–Kier alpha value is -4.34. The molecule has 0 aromatic heterocycles. The molecule has 4 aromatic rings. The van der Waals surface area contributed by atoms with Crippen LogP contribution >= 0.6 is 0 Å². The maximum atomic E-state index is 14.4. The van der Waals surface area contributed by atoms with Crippen LogP contribution in [0.3, 0.4) is 0 Å².